The number of fused-ring (bicyclic) bond motifs is 3. The zero-order chi connectivity index (χ0) is 31.4. The molecule has 1 amide bonds. The number of aryl methyl sites for hydroxylation is 1. The summed E-state index contributed by atoms with van der Waals surface area (Å²) in [6.07, 6.45) is 13.2. The number of nitrogens with zero attached hydrogens (tertiary/aromatic N) is 6. The summed E-state index contributed by atoms with van der Waals surface area (Å²) in [6.45, 7) is 4.86. The van der Waals surface area contributed by atoms with Crippen LogP contribution < -0.4 is 4.90 Å². The van der Waals surface area contributed by atoms with Crippen molar-refractivity contribution in [2.45, 2.75) is 96.2 Å². The largest absolute Gasteiger partial charge is 0.381 e. The normalized spacial score (nSPS) is 19.6. The first-order chi connectivity index (χ1) is 22.5. The smallest absolute Gasteiger partial charge is 0.264 e. The van der Waals surface area contributed by atoms with Crippen LogP contribution in [0.2, 0.25) is 0 Å². The predicted molar refractivity (Wildman–Crippen MR) is 174 cm³/mol. The van der Waals surface area contributed by atoms with Crippen LogP contribution >= 0.6 is 0 Å². The number of hydrogen-bond acceptors (Lipinski definition) is 5. The second kappa shape index (κ2) is 12.1. The van der Waals surface area contributed by atoms with Gasteiger partial charge in [0.05, 0.1) is 18.1 Å². The molecule has 0 spiro atoms. The molecule has 46 heavy (non-hydrogen) atoms. The zero-order valence-electron chi connectivity index (χ0n) is 26.6. The van der Waals surface area contributed by atoms with E-state index >= 15 is 8.78 Å². The van der Waals surface area contributed by atoms with Gasteiger partial charge < -0.3 is 19.1 Å². The molecule has 3 aromatic heterocycles. The molecule has 2 fully saturated rings. The lowest BCUT2D eigenvalue weighted by molar-refractivity contribution is -0.129. The number of anilines is 2. The summed E-state index contributed by atoms with van der Waals surface area (Å²) in [4.78, 5) is 20.9. The second-order valence-electron chi connectivity index (χ2n) is 13.5. The molecule has 0 radical (unpaired) electrons. The summed E-state index contributed by atoms with van der Waals surface area (Å²) >= 11 is 0. The number of rotatable bonds is 5. The molecule has 0 N–H and O–H groups in total. The van der Waals surface area contributed by atoms with Gasteiger partial charge in [-0.25, -0.2) is 8.78 Å². The Labute approximate surface area is 268 Å². The van der Waals surface area contributed by atoms with Crippen molar-refractivity contribution in [2.24, 2.45) is 0 Å². The first-order valence-electron chi connectivity index (χ1n) is 17.1. The molecule has 4 aromatic rings. The van der Waals surface area contributed by atoms with Gasteiger partial charge in [0.15, 0.2) is 5.82 Å². The standard InChI is InChI=1S/C36H42F2N6O2/c1-23(45)41-15-10-33-31(21-41)36(40-44(33)26-11-16-46-17-12-26)42-14-5-6-24-18-27(28(35(37)38)19-34(24)42)30-22-43(25-7-3-2-4-8-25)32-9-13-39-20-29(30)32/h9,13,18-20,22,25-26,35H,2-8,10-12,14-17,21H2,1H3. The highest BCUT2D eigenvalue weighted by Crippen LogP contribution is 2.46. The Morgan fingerprint density at radius 3 is 2.59 bits per heavy atom. The van der Waals surface area contributed by atoms with Gasteiger partial charge >= 0.3 is 0 Å². The van der Waals surface area contributed by atoms with E-state index in [9.17, 15) is 4.79 Å². The lowest BCUT2D eigenvalue weighted by Gasteiger charge is -2.33. The van der Waals surface area contributed by atoms with E-state index in [0.29, 0.717) is 44.5 Å². The lowest BCUT2D eigenvalue weighted by atomic mass is 9.91. The van der Waals surface area contributed by atoms with Crippen molar-refractivity contribution in [3.63, 3.8) is 0 Å². The van der Waals surface area contributed by atoms with Crippen molar-refractivity contribution in [1.82, 2.24) is 24.2 Å². The van der Waals surface area contributed by atoms with Gasteiger partial charge in [0.1, 0.15) is 0 Å². The number of hydrogen-bond donors (Lipinski definition) is 0. The van der Waals surface area contributed by atoms with Gasteiger partial charge in [0.25, 0.3) is 6.43 Å². The van der Waals surface area contributed by atoms with Crippen molar-refractivity contribution >= 4 is 28.3 Å². The second-order valence-corrected chi connectivity index (χ2v) is 13.5. The fourth-order valence-corrected chi connectivity index (χ4v) is 8.40. The number of carbonyl (C=O) groups excluding carboxylic acids is 1. The van der Waals surface area contributed by atoms with Crippen molar-refractivity contribution in [3.05, 3.63) is 59.2 Å². The highest BCUT2D eigenvalue weighted by molar-refractivity contribution is 5.97. The third kappa shape index (κ3) is 5.09. The minimum Gasteiger partial charge on any atom is -0.381 e. The van der Waals surface area contributed by atoms with E-state index in [2.05, 4.69) is 25.3 Å². The molecule has 1 aliphatic carbocycles. The summed E-state index contributed by atoms with van der Waals surface area (Å²) in [5, 5.41) is 6.16. The number of aromatic nitrogens is 4. The number of halogens is 2. The van der Waals surface area contributed by atoms with E-state index in [4.69, 9.17) is 9.84 Å². The summed E-state index contributed by atoms with van der Waals surface area (Å²) in [5.41, 5.74) is 6.62. The molecule has 0 unspecified atom stereocenters. The van der Waals surface area contributed by atoms with E-state index in [1.165, 1.54) is 25.0 Å². The first kappa shape index (κ1) is 29.6. The Hall–Kier alpha value is -3.79. The van der Waals surface area contributed by atoms with E-state index in [1.807, 2.05) is 23.2 Å². The Balaban J connectivity index is 1.25. The molecule has 3 aliphatic heterocycles. The third-order valence-corrected chi connectivity index (χ3v) is 10.8. The Bertz CT molecular complexity index is 1770. The van der Waals surface area contributed by atoms with Gasteiger partial charge in [-0.1, -0.05) is 19.3 Å². The molecule has 8 rings (SSSR count). The van der Waals surface area contributed by atoms with Crippen LogP contribution in [0.5, 0.6) is 0 Å². The minimum absolute atomic E-state index is 0.0419. The maximum Gasteiger partial charge on any atom is 0.264 e. The van der Waals surface area contributed by atoms with Gasteiger partial charge in [-0.15, -0.1) is 0 Å². The fourth-order valence-electron chi connectivity index (χ4n) is 8.40. The van der Waals surface area contributed by atoms with Crippen LogP contribution in [0, 0.1) is 0 Å². The first-order valence-corrected chi connectivity index (χ1v) is 17.1. The number of alkyl halides is 2. The van der Waals surface area contributed by atoms with E-state index in [-0.39, 0.29) is 17.5 Å². The summed E-state index contributed by atoms with van der Waals surface area (Å²) in [7, 11) is 0. The maximum absolute atomic E-state index is 15.1. The van der Waals surface area contributed by atoms with Crippen LogP contribution in [0.25, 0.3) is 22.0 Å². The zero-order valence-corrected chi connectivity index (χ0v) is 26.6. The molecule has 0 bridgehead atoms. The summed E-state index contributed by atoms with van der Waals surface area (Å²) in [5.74, 6) is 0.848. The van der Waals surface area contributed by atoms with Crippen LogP contribution in [0.15, 0.2) is 36.8 Å². The molecule has 8 nitrogen and oxygen atoms in total. The van der Waals surface area contributed by atoms with E-state index in [0.717, 1.165) is 84.0 Å². The minimum atomic E-state index is -2.64. The molecule has 242 valence electrons. The highest BCUT2D eigenvalue weighted by Gasteiger charge is 2.34. The number of ether oxygens (including phenoxy) is 1. The van der Waals surface area contributed by atoms with Crippen LogP contribution in [0.3, 0.4) is 0 Å². The number of carbonyl (C=O) groups is 1. The molecule has 6 heterocycles. The number of amides is 1. The van der Waals surface area contributed by atoms with Crippen LogP contribution in [0.4, 0.5) is 20.3 Å². The molecule has 4 aliphatic rings. The van der Waals surface area contributed by atoms with Gasteiger partial charge in [-0.3, -0.25) is 14.5 Å². The molecule has 10 heteroatoms. The Kier molecular flexibility index (Phi) is 7.79. The molecule has 1 aromatic carbocycles. The van der Waals surface area contributed by atoms with Crippen molar-refractivity contribution in [1.29, 1.82) is 0 Å². The van der Waals surface area contributed by atoms with Gasteiger partial charge in [-0.2, -0.15) is 5.10 Å². The van der Waals surface area contributed by atoms with Crippen molar-refractivity contribution in [3.8, 4) is 11.1 Å². The Morgan fingerprint density at radius 1 is 0.978 bits per heavy atom. The van der Waals surface area contributed by atoms with Crippen LogP contribution in [-0.4, -0.2) is 56.4 Å². The average molecular weight is 629 g/mol. The van der Waals surface area contributed by atoms with Crippen molar-refractivity contribution < 1.29 is 18.3 Å². The van der Waals surface area contributed by atoms with E-state index in [1.54, 1.807) is 19.2 Å². The summed E-state index contributed by atoms with van der Waals surface area (Å²) < 4.78 is 40.4. The maximum atomic E-state index is 15.1. The van der Waals surface area contributed by atoms with Gasteiger partial charge in [0.2, 0.25) is 5.91 Å². The average Bonchev–Trinajstić information content (AvgIpc) is 3.67. The van der Waals surface area contributed by atoms with Crippen LogP contribution in [-0.2, 0) is 28.9 Å². The van der Waals surface area contributed by atoms with E-state index < -0.39 is 6.43 Å². The fraction of sp³-hybridized carbons (Fsp3) is 0.528. The molecule has 0 atom stereocenters. The van der Waals surface area contributed by atoms with Crippen LogP contribution in [0.1, 0.15) is 99.2 Å². The highest BCUT2D eigenvalue weighted by atomic mass is 19.3. The Morgan fingerprint density at radius 2 is 1.80 bits per heavy atom. The monoisotopic (exact) mass is 628 g/mol. The molecule has 1 saturated carbocycles. The number of benzene rings is 1. The van der Waals surface area contributed by atoms with Gasteiger partial charge in [-0.05, 0) is 67.9 Å². The molecular weight excluding hydrogens is 586 g/mol. The quantitative estimate of drug-likeness (QED) is 0.227. The number of pyridine rings is 1. The topological polar surface area (TPSA) is 68.4 Å². The molecule has 1 saturated heterocycles. The predicted octanol–water partition coefficient (Wildman–Crippen LogP) is 7.68. The lowest BCUT2D eigenvalue weighted by Crippen LogP contribution is -2.36. The SMILES string of the molecule is CC(=O)N1CCc2c(c(N3CCCc4cc(-c5cn(C6CCCCC6)c6ccncc56)c(C(F)F)cc43)nn2C2CCOCC2)C1. The third-order valence-electron chi connectivity index (χ3n) is 10.8. The van der Waals surface area contributed by atoms with Crippen molar-refractivity contribution in [2.75, 3.05) is 31.2 Å². The molecular formula is C36H42F2N6O2. The summed E-state index contributed by atoms with van der Waals surface area (Å²) in [6, 6.07) is 6.37. The van der Waals surface area contributed by atoms with Gasteiger partial charge in [0, 0.05) is 97.7 Å².